The van der Waals surface area contributed by atoms with Gasteiger partial charge in [-0.1, -0.05) is 11.6 Å². The Balaban J connectivity index is 1.87. The molecule has 148 valence electrons. The lowest BCUT2D eigenvalue weighted by Gasteiger charge is -2.35. The number of carbonyl (C=O) groups excluding carboxylic acids is 1. The first kappa shape index (κ1) is 19.9. The molecule has 3 rings (SSSR count). The van der Waals surface area contributed by atoms with E-state index in [-0.39, 0.29) is 17.0 Å². The predicted octanol–water partition coefficient (Wildman–Crippen LogP) is 3.26. The molecule has 0 spiro atoms. The van der Waals surface area contributed by atoms with Gasteiger partial charge in [0.1, 0.15) is 0 Å². The van der Waals surface area contributed by atoms with Gasteiger partial charge in [0.05, 0.1) is 23.4 Å². The minimum Gasteiger partial charge on any atom is -0.490 e. The monoisotopic (exact) mass is 404 g/mol. The predicted molar refractivity (Wildman–Crippen MR) is 109 cm³/mol. The summed E-state index contributed by atoms with van der Waals surface area (Å²) < 4.78 is 4.98. The van der Waals surface area contributed by atoms with Crippen LogP contribution in [-0.4, -0.2) is 56.1 Å². The molecular weight excluding hydrogens is 384 g/mol. The van der Waals surface area contributed by atoms with Gasteiger partial charge in [-0.25, -0.2) is 0 Å². The van der Waals surface area contributed by atoms with Gasteiger partial charge in [-0.05, 0) is 37.4 Å². The zero-order valence-electron chi connectivity index (χ0n) is 15.6. The van der Waals surface area contributed by atoms with Crippen LogP contribution in [0.3, 0.4) is 0 Å². The fraction of sp³-hybridized carbons (Fsp3) is 0.316. The van der Waals surface area contributed by atoms with Crippen molar-refractivity contribution in [2.24, 2.45) is 0 Å². The third-order valence-electron chi connectivity index (χ3n) is 4.69. The number of nitrogens with zero attached hydrogens (tertiary/aromatic N) is 3. The zero-order chi connectivity index (χ0) is 20.3. The number of piperazine rings is 1. The Labute approximate surface area is 167 Å². The Kier molecular flexibility index (Phi) is 6.01. The van der Waals surface area contributed by atoms with Gasteiger partial charge in [0, 0.05) is 42.8 Å². The summed E-state index contributed by atoms with van der Waals surface area (Å²) >= 11 is 6.13. The molecule has 0 aliphatic carbocycles. The molecule has 2 aromatic carbocycles. The SMILES string of the molecule is COc1ccc(C(=O)Nc2cc(Cl)ccc2N2CCN(C)CC2)cc1[N+](=O)[O-]. The fourth-order valence-corrected chi connectivity index (χ4v) is 3.27. The highest BCUT2D eigenvalue weighted by Gasteiger charge is 2.21. The van der Waals surface area contributed by atoms with Crippen molar-refractivity contribution in [2.75, 3.05) is 50.6 Å². The summed E-state index contributed by atoms with van der Waals surface area (Å²) in [5, 5.41) is 14.5. The molecule has 1 saturated heterocycles. The van der Waals surface area contributed by atoms with Crippen LogP contribution in [0, 0.1) is 10.1 Å². The van der Waals surface area contributed by atoms with E-state index in [0.717, 1.165) is 31.9 Å². The summed E-state index contributed by atoms with van der Waals surface area (Å²) in [5.74, 6) is -0.356. The largest absolute Gasteiger partial charge is 0.490 e. The number of nitro benzene ring substituents is 1. The van der Waals surface area contributed by atoms with E-state index < -0.39 is 10.8 Å². The van der Waals surface area contributed by atoms with Crippen LogP contribution in [-0.2, 0) is 0 Å². The number of halogens is 1. The van der Waals surface area contributed by atoms with Crippen molar-refractivity contribution in [3.8, 4) is 5.75 Å². The average Bonchev–Trinajstić information content (AvgIpc) is 2.68. The van der Waals surface area contributed by atoms with E-state index in [0.29, 0.717) is 10.7 Å². The van der Waals surface area contributed by atoms with Gasteiger partial charge in [-0.15, -0.1) is 0 Å². The highest BCUT2D eigenvalue weighted by Crippen LogP contribution is 2.32. The van der Waals surface area contributed by atoms with Crippen molar-refractivity contribution >= 4 is 34.6 Å². The number of ether oxygens (including phenoxy) is 1. The molecule has 9 heteroatoms. The topological polar surface area (TPSA) is 88.0 Å². The first-order valence-corrected chi connectivity index (χ1v) is 9.13. The third-order valence-corrected chi connectivity index (χ3v) is 4.92. The first-order chi connectivity index (χ1) is 13.4. The highest BCUT2D eigenvalue weighted by atomic mass is 35.5. The summed E-state index contributed by atoms with van der Waals surface area (Å²) in [5.41, 5.74) is 1.34. The van der Waals surface area contributed by atoms with Crippen molar-refractivity contribution in [3.05, 3.63) is 57.1 Å². The summed E-state index contributed by atoms with van der Waals surface area (Å²) in [4.78, 5) is 27.8. The standard InChI is InChI=1S/C19H21ClN4O4/c1-22-7-9-23(10-8-22)16-5-4-14(20)12-15(16)21-19(25)13-3-6-18(28-2)17(11-13)24(26)27/h3-6,11-12H,7-10H2,1-2H3,(H,21,25). The molecule has 1 aliphatic heterocycles. The summed E-state index contributed by atoms with van der Waals surface area (Å²) in [6, 6.07) is 9.44. The van der Waals surface area contributed by atoms with E-state index >= 15 is 0 Å². The number of hydrogen-bond donors (Lipinski definition) is 1. The van der Waals surface area contributed by atoms with E-state index in [4.69, 9.17) is 16.3 Å². The summed E-state index contributed by atoms with van der Waals surface area (Å²) in [7, 11) is 3.41. The van der Waals surface area contributed by atoms with Crippen LogP contribution >= 0.6 is 11.6 Å². The molecule has 2 aromatic rings. The lowest BCUT2D eigenvalue weighted by atomic mass is 10.1. The summed E-state index contributed by atoms with van der Waals surface area (Å²) in [6.45, 7) is 3.49. The molecule has 0 atom stereocenters. The van der Waals surface area contributed by atoms with Gasteiger partial charge in [0.15, 0.2) is 5.75 Å². The van der Waals surface area contributed by atoms with Gasteiger partial charge < -0.3 is 19.9 Å². The molecule has 0 saturated carbocycles. The molecule has 1 heterocycles. The molecule has 1 aliphatic rings. The quantitative estimate of drug-likeness (QED) is 0.608. The van der Waals surface area contributed by atoms with E-state index in [1.807, 2.05) is 6.07 Å². The van der Waals surface area contributed by atoms with Crippen LogP contribution in [0.2, 0.25) is 5.02 Å². The highest BCUT2D eigenvalue weighted by molar-refractivity contribution is 6.31. The molecule has 1 amide bonds. The lowest BCUT2D eigenvalue weighted by Crippen LogP contribution is -2.44. The maximum Gasteiger partial charge on any atom is 0.311 e. The van der Waals surface area contributed by atoms with Crippen molar-refractivity contribution in [2.45, 2.75) is 0 Å². The fourth-order valence-electron chi connectivity index (χ4n) is 3.10. The van der Waals surface area contributed by atoms with Crippen molar-refractivity contribution in [1.29, 1.82) is 0 Å². The Morgan fingerprint density at radius 1 is 1.18 bits per heavy atom. The second-order valence-corrected chi connectivity index (χ2v) is 6.99. The third kappa shape index (κ3) is 4.35. The summed E-state index contributed by atoms with van der Waals surface area (Å²) in [6.07, 6.45) is 0. The smallest absolute Gasteiger partial charge is 0.311 e. The van der Waals surface area contributed by atoms with E-state index in [2.05, 4.69) is 22.2 Å². The molecule has 0 bridgehead atoms. The number of carbonyl (C=O) groups is 1. The molecule has 0 radical (unpaired) electrons. The first-order valence-electron chi connectivity index (χ1n) is 8.76. The number of amides is 1. The second-order valence-electron chi connectivity index (χ2n) is 6.55. The average molecular weight is 405 g/mol. The Morgan fingerprint density at radius 3 is 2.54 bits per heavy atom. The Bertz CT molecular complexity index is 897. The zero-order valence-corrected chi connectivity index (χ0v) is 16.4. The van der Waals surface area contributed by atoms with Crippen molar-refractivity contribution in [1.82, 2.24) is 4.90 Å². The maximum absolute atomic E-state index is 12.7. The van der Waals surface area contributed by atoms with Gasteiger partial charge in [-0.2, -0.15) is 0 Å². The number of nitro groups is 1. The van der Waals surface area contributed by atoms with Crippen LogP contribution in [0.15, 0.2) is 36.4 Å². The molecule has 8 nitrogen and oxygen atoms in total. The van der Waals surface area contributed by atoms with Crippen molar-refractivity contribution < 1.29 is 14.5 Å². The number of nitrogens with one attached hydrogen (secondary N) is 1. The molecule has 1 N–H and O–H groups in total. The molecule has 0 aromatic heterocycles. The number of benzene rings is 2. The van der Waals surface area contributed by atoms with Gasteiger partial charge in [0.2, 0.25) is 0 Å². The minimum atomic E-state index is -0.579. The molecular formula is C19H21ClN4O4. The second kappa shape index (κ2) is 8.45. The maximum atomic E-state index is 12.7. The molecule has 28 heavy (non-hydrogen) atoms. The van der Waals surface area contributed by atoms with Crippen LogP contribution in [0.4, 0.5) is 17.1 Å². The van der Waals surface area contributed by atoms with Crippen LogP contribution in [0.25, 0.3) is 0 Å². The number of rotatable bonds is 5. The van der Waals surface area contributed by atoms with E-state index in [1.165, 1.54) is 25.3 Å². The van der Waals surface area contributed by atoms with E-state index in [1.54, 1.807) is 12.1 Å². The number of likely N-dealkylation sites (N-methyl/N-ethyl adjacent to an activating group) is 1. The van der Waals surface area contributed by atoms with Crippen molar-refractivity contribution in [3.63, 3.8) is 0 Å². The Hall–Kier alpha value is -2.84. The minimum absolute atomic E-state index is 0.0995. The van der Waals surface area contributed by atoms with Crippen LogP contribution in [0.1, 0.15) is 10.4 Å². The number of hydrogen-bond acceptors (Lipinski definition) is 6. The Morgan fingerprint density at radius 2 is 1.89 bits per heavy atom. The van der Waals surface area contributed by atoms with Crippen LogP contribution in [0.5, 0.6) is 5.75 Å². The van der Waals surface area contributed by atoms with Gasteiger partial charge >= 0.3 is 5.69 Å². The normalized spacial score (nSPS) is 14.6. The van der Waals surface area contributed by atoms with Gasteiger partial charge in [-0.3, -0.25) is 14.9 Å². The number of anilines is 2. The molecule has 1 fully saturated rings. The van der Waals surface area contributed by atoms with Crippen LogP contribution < -0.4 is 15.0 Å². The van der Waals surface area contributed by atoms with E-state index in [9.17, 15) is 14.9 Å². The number of methoxy groups -OCH3 is 1. The lowest BCUT2D eigenvalue weighted by molar-refractivity contribution is -0.385. The van der Waals surface area contributed by atoms with Gasteiger partial charge in [0.25, 0.3) is 5.91 Å². The molecule has 0 unspecified atom stereocenters.